The first-order chi connectivity index (χ1) is 37.3. The van der Waals surface area contributed by atoms with E-state index in [1.165, 1.54) is 197 Å². The van der Waals surface area contributed by atoms with Crippen molar-refractivity contribution in [2.75, 3.05) is 4.81 Å². The molecule has 4 heteroatoms. The maximum Gasteiger partial charge on any atom is 0.333 e. The van der Waals surface area contributed by atoms with Crippen molar-refractivity contribution in [3.05, 3.63) is 161 Å². The van der Waals surface area contributed by atoms with Gasteiger partial charge in [-0.1, -0.05) is 107 Å². The number of anilines is 2. The van der Waals surface area contributed by atoms with E-state index in [9.17, 15) is 0 Å². The maximum atomic E-state index is 2.89. The van der Waals surface area contributed by atoms with Crippen molar-refractivity contribution in [1.82, 2.24) is 4.57 Å². The molecule has 8 fully saturated rings. The molecule has 77 heavy (non-hydrogen) atoms. The van der Waals surface area contributed by atoms with E-state index in [2.05, 4.69) is 177 Å². The highest BCUT2D eigenvalue weighted by molar-refractivity contribution is 7.26. The molecule has 2 aromatic heterocycles. The fourth-order valence-electron chi connectivity index (χ4n) is 20.7. The summed E-state index contributed by atoms with van der Waals surface area (Å²) in [6.07, 6.45) is 17.1. The summed E-state index contributed by atoms with van der Waals surface area (Å²) in [6, 6.07) is 55.0. The van der Waals surface area contributed by atoms with Gasteiger partial charge in [-0.15, -0.1) is 11.3 Å². The van der Waals surface area contributed by atoms with Crippen molar-refractivity contribution in [1.29, 1.82) is 0 Å². The van der Waals surface area contributed by atoms with Crippen molar-refractivity contribution < 1.29 is 0 Å². The van der Waals surface area contributed by atoms with Crippen molar-refractivity contribution in [2.24, 2.45) is 35.5 Å². The number of hydrogen-bond donors (Lipinski definition) is 0. The number of fused-ring (bicyclic) bond motifs is 15. The number of hydrogen-bond acceptors (Lipinski definition) is 2. The first kappa shape index (κ1) is 43.8. The third kappa shape index (κ3) is 5.65. The van der Waals surface area contributed by atoms with Gasteiger partial charge in [-0.2, -0.15) is 0 Å². The predicted molar refractivity (Wildman–Crippen MR) is 326 cm³/mol. The standard InChI is InChI=1S/C73H67BN2S/c1-70(2,3)48-14-17-51(18-15-48)76-63-33-65-56(55-26-46-10-6-7-11-47(46)27-64(55)77-65)31-54(63)58-32-57-52-12-8-9-13-60(52)71(4,5)66(57)69-67(58)74(76)61-30-50(73-37-43-23-44(38-73)25-45(24-43)39-73)29-59-53-28-49(16-19-62(53)75(69)68(59)61)72-34-40-20-41(35-72)22-42(21-40)36-72/h6-19,26-33,40-45H,20-25,34-39H2,1-5H3. The molecular formula is C73H67BN2S. The molecule has 0 atom stereocenters. The zero-order valence-electron chi connectivity index (χ0n) is 45.5. The second kappa shape index (κ2) is 14.4. The minimum Gasteiger partial charge on any atom is -0.376 e. The van der Waals surface area contributed by atoms with Crippen molar-refractivity contribution in [3.8, 4) is 27.9 Å². The zero-order valence-corrected chi connectivity index (χ0v) is 46.3. The van der Waals surface area contributed by atoms with Crippen LogP contribution in [-0.2, 0) is 21.7 Å². The molecule has 0 saturated heterocycles. The topological polar surface area (TPSA) is 8.17 Å². The van der Waals surface area contributed by atoms with Crippen LogP contribution in [0, 0.1) is 35.5 Å². The van der Waals surface area contributed by atoms with Crippen LogP contribution in [0.5, 0.6) is 0 Å². The van der Waals surface area contributed by atoms with Crippen LogP contribution in [0.15, 0.2) is 133 Å². The van der Waals surface area contributed by atoms with Gasteiger partial charge in [0.25, 0.3) is 0 Å². The van der Waals surface area contributed by atoms with Gasteiger partial charge in [0.05, 0.1) is 11.0 Å². The number of nitrogens with zero attached hydrogens (tertiary/aromatic N) is 2. The van der Waals surface area contributed by atoms with Gasteiger partial charge in [-0.05, 0) is 256 Å². The van der Waals surface area contributed by atoms with Gasteiger partial charge >= 0.3 is 6.85 Å². The Morgan fingerprint density at radius 2 is 1.12 bits per heavy atom. The molecule has 2 nitrogen and oxygen atoms in total. The highest BCUT2D eigenvalue weighted by Gasteiger charge is 2.55. The fourth-order valence-corrected chi connectivity index (χ4v) is 21.9. The van der Waals surface area contributed by atoms with Crippen LogP contribution in [0.2, 0.25) is 0 Å². The molecule has 0 N–H and O–H groups in total. The largest absolute Gasteiger partial charge is 0.376 e. The summed E-state index contributed by atoms with van der Waals surface area (Å²) in [4.78, 5) is 2.87. The van der Waals surface area contributed by atoms with Gasteiger partial charge in [0, 0.05) is 59.0 Å². The molecule has 10 aromatic rings. The monoisotopic (exact) mass is 1010 g/mol. The Balaban J connectivity index is 0.967. The summed E-state index contributed by atoms with van der Waals surface area (Å²) in [5.41, 5.74) is 23.6. The minimum atomic E-state index is -0.215. The smallest absolute Gasteiger partial charge is 0.333 e. The van der Waals surface area contributed by atoms with Crippen LogP contribution in [0.25, 0.3) is 80.7 Å². The first-order valence-electron chi connectivity index (χ1n) is 30.1. The lowest BCUT2D eigenvalue weighted by molar-refractivity contribution is -0.00526. The number of aromatic nitrogens is 1. The molecule has 0 unspecified atom stereocenters. The average molecular weight is 1020 g/mol. The van der Waals surface area contributed by atoms with Crippen molar-refractivity contribution in [2.45, 2.75) is 133 Å². The lowest BCUT2D eigenvalue weighted by Gasteiger charge is -2.57. The Kier molecular flexibility index (Phi) is 8.19. The molecule has 9 aliphatic carbocycles. The van der Waals surface area contributed by atoms with E-state index in [0.717, 1.165) is 35.5 Å². The van der Waals surface area contributed by atoms with Crippen molar-refractivity contribution >= 4 is 93.2 Å². The fraction of sp³-hybridized carbons (Fsp3) is 0.370. The third-order valence-electron chi connectivity index (χ3n) is 23.1. The van der Waals surface area contributed by atoms with Gasteiger partial charge in [0.15, 0.2) is 0 Å². The predicted octanol–water partition coefficient (Wildman–Crippen LogP) is 18.1. The number of benzene rings is 8. The van der Waals surface area contributed by atoms with E-state index in [0.29, 0.717) is 5.41 Å². The van der Waals surface area contributed by atoms with E-state index >= 15 is 0 Å². The van der Waals surface area contributed by atoms with E-state index in [-0.39, 0.29) is 23.1 Å². The minimum absolute atomic E-state index is 0.0250. The highest BCUT2D eigenvalue weighted by Crippen LogP contribution is 2.64. The maximum absolute atomic E-state index is 2.89. The molecule has 21 rings (SSSR count). The quantitative estimate of drug-likeness (QED) is 0.160. The molecule has 0 spiro atoms. The highest BCUT2D eigenvalue weighted by atomic mass is 32.1. The second-order valence-corrected chi connectivity index (χ2v) is 30.0. The lowest BCUT2D eigenvalue weighted by Crippen LogP contribution is -2.61. The number of thiophene rings is 1. The molecular weight excluding hydrogens is 948 g/mol. The summed E-state index contributed by atoms with van der Waals surface area (Å²) in [5, 5.41) is 8.41. The first-order valence-corrected chi connectivity index (χ1v) is 30.9. The molecule has 8 bridgehead atoms. The van der Waals surface area contributed by atoms with Crippen LogP contribution in [0.3, 0.4) is 0 Å². The van der Waals surface area contributed by atoms with Gasteiger partial charge in [0.2, 0.25) is 0 Å². The molecule has 0 amide bonds. The summed E-state index contributed by atoms with van der Waals surface area (Å²) < 4.78 is 5.63. The molecule has 11 aliphatic rings. The Bertz CT molecular complexity index is 4250. The normalized spacial score (nSPS) is 28.4. The SMILES string of the molecule is CC(C)(C)c1ccc(N2B3c4c(cc5c(c4-n4c6ccc(C78CC9CC(CC(C9)C7)C8)cc6c6cc(C78CC9CC(CC(C9)C7)C8)cc3c64)C(C)(C)c3ccccc3-5)-c3cc4c(cc32)sc2cc3ccccc3cc24)cc1. The van der Waals surface area contributed by atoms with Crippen LogP contribution in [0.4, 0.5) is 11.4 Å². The van der Waals surface area contributed by atoms with E-state index in [4.69, 9.17) is 0 Å². The Labute approximate surface area is 458 Å². The van der Waals surface area contributed by atoms with Crippen LogP contribution >= 0.6 is 11.3 Å². The van der Waals surface area contributed by atoms with Crippen LogP contribution in [0.1, 0.15) is 139 Å². The van der Waals surface area contributed by atoms with Gasteiger partial charge in [-0.25, -0.2) is 0 Å². The molecule has 2 aliphatic heterocycles. The van der Waals surface area contributed by atoms with E-state index in [1.807, 2.05) is 11.3 Å². The van der Waals surface area contributed by atoms with Gasteiger partial charge in [-0.3, -0.25) is 0 Å². The summed E-state index contributed by atoms with van der Waals surface area (Å²) in [6.45, 7) is 12.2. The zero-order chi connectivity index (χ0) is 50.8. The van der Waals surface area contributed by atoms with Gasteiger partial charge in [0.1, 0.15) is 0 Å². The molecule has 8 aromatic carbocycles. The van der Waals surface area contributed by atoms with Gasteiger partial charge < -0.3 is 9.38 Å². The Morgan fingerprint density at radius 1 is 0.519 bits per heavy atom. The molecule has 378 valence electrons. The van der Waals surface area contributed by atoms with Crippen LogP contribution in [-0.4, -0.2) is 11.4 Å². The second-order valence-electron chi connectivity index (χ2n) is 28.9. The Morgan fingerprint density at radius 3 is 1.79 bits per heavy atom. The van der Waals surface area contributed by atoms with E-state index < -0.39 is 0 Å². The summed E-state index contributed by atoms with van der Waals surface area (Å²) in [5.74, 6) is 5.34. The summed E-state index contributed by atoms with van der Waals surface area (Å²) >= 11 is 1.98. The average Bonchev–Trinajstić information content (AvgIpc) is 3.05. The molecule has 0 radical (unpaired) electrons. The van der Waals surface area contributed by atoms with Crippen molar-refractivity contribution in [3.63, 3.8) is 0 Å². The lowest BCUT2D eigenvalue weighted by atomic mass is 9.42. The third-order valence-corrected chi connectivity index (χ3v) is 24.2. The summed E-state index contributed by atoms with van der Waals surface area (Å²) in [7, 11) is 0. The molecule has 4 heterocycles. The number of rotatable bonds is 3. The van der Waals surface area contributed by atoms with Crippen LogP contribution < -0.4 is 15.7 Å². The Hall–Kier alpha value is -6.10. The molecule has 8 saturated carbocycles. The van der Waals surface area contributed by atoms with E-state index in [1.54, 1.807) is 11.1 Å².